The molecule has 0 saturated carbocycles. The van der Waals surface area contributed by atoms with Crippen LogP contribution in [0.4, 0.5) is 10.1 Å². The minimum atomic E-state index is -0.975. The molecule has 4 nitrogen and oxygen atoms in total. The first kappa shape index (κ1) is 15.0. The summed E-state index contributed by atoms with van der Waals surface area (Å²) in [6.07, 6.45) is 0. The van der Waals surface area contributed by atoms with Crippen LogP contribution in [0.15, 0.2) is 48.5 Å². The van der Waals surface area contributed by atoms with Gasteiger partial charge in [-0.3, -0.25) is 4.79 Å². The van der Waals surface area contributed by atoms with Gasteiger partial charge in [0.1, 0.15) is 5.82 Å². The van der Waals surface area contributed by atoms with E-state index in [4.69, 9.17) is 5.73 Å². The summed E-state index contributed by atoms with van der Waals surface area (Å²) in [5.74, 6) is -1.18. The Morgan fingerprint density at radius 2 is 1.90 bits per heavy atom. The summed E-state index contributed by atoms with van der Waals surface area (Å²) in [6.45, 7) is 1.40. The van der Waals surface area contributed by atoms with Crippen LogP contribution in [-0.4, -0.2) is 17.6 Å². The summed E-state index contributed by atoms with van der Waals surface area (Å²) in [6, 6.07) is 13.1. The smallest absolute Gasteiger partial charge is 0.254 e. The molecule has 0 heterocycles. The largest absolute Gasteiger partial charge is 0.396 e. The Hall–Kier alpha value is -2.40. The number of amides is 1. The van der Waals surface area contributed by atoms with Gasteiger partial charge in [0.2, 0.25) is 0 Å². The number of nitrogens with one attached hydrogen (secondary N) is 1. The second kappa shape index (κ2) is 5.93. The van der Waals surface area contributed by atoms with Crippen molar-refractivity contribution in [2.75, 3.05) is 12.3 Å². The zero-order valence-electron chi connectivity index (χ0n) is 11.6. The predicted octanol–water partition coefficient (Wildman–Crippen LogP) is 2.05. The van der Waals surface area contributed by atoms with Crippen LogP contribution in [0.3, 0.4) is 0 Å². The molecule has 2 aromatic rings. The van der Waals surface area contributed by atoms with Gasteiger partial charge in [-0.15, -0.1) is 0 Å². The van der Waals surface area contributed by atoms with Crippen LogP contribution in [0.25, 0.3) is 0 Å². The quantitative estimate of drug-likeness (QED) is 0.754. The van der Waals surface area contributed by atoms with E-state index in [-0.39, 0.29) is 17.9 Å². The van der Waals surface area contributed by atoms with E-state index < -0.39 is 17.3 Å². The van der Waals surface area contributed by atoms with Gasteiger partial charge in [-0.05, 0) is 24.6 Å². The van der Waals surface area contributed by atoms with Crippen molar-refractivity contribution in [2.45, 2.75) is 12.5 Å². The molecule has 1 unspecified atom stereocenters. The molecule has 21 heavy (non-hydrogen) atoms. The molecule has 1 amide bonds. The summed E-state index contributed by atoms with van der Waals surface area (Å²) < 4.78 is 13.4. The van der Waals surface area contributed by atoms with Gasteiger partial charge >= 0.3 is 0 Å². The van der Waals surface area contributed by atoms with Crippen LogP contribution in [-0.2, 0) is 5.54 Å². The van der Waals surface area contributed by atoms with Crippen molar-refractivity contribution in [2.24, 2.45) is 0 Å². The van der Waals surface area contributed by atoms with Crippen LogP contribution in [0.1, 0.15) is 22.8 Å². The van der Waals surface area contributed by atoms with Gasteiger partial charge in [-0.2, -0.15) is 0 Å². The van der Waals surface area contributed by atoms with Crippen molar-refractivity contribution in [3.05, 3.63) is 65.5 Å². The summed E-state index contributed by atoms with van der Waals surface area (Å²) in [7, 11) is 0. The monoisotopic (exact) mass is 288 g/mol. The Labute approximate surface area is 122 Å². The lowest BCUT2D eigenvalue weighted by Gasteiger charge is -2.29. The summed E-state index contributed by atoms with van der Waals surface area (Å²) in [5.41, 5.74) is 5.20. The number of hydrogen-bond acceptors (Lipinski definition) is 3. The lowest BCUT2D eigenvalue weighted by Crippen LogP contribution is -2.46. The average molecular weight is 288 g/mol. The number of rotatable bonds is 4. The van der Waals surface area contributed by atoms with E-state index in [2.05, 4.69) is 5.32 Å². The second-order valence-corrected chi connectivity index (χ2v) is 5.01. The number of halogens is 1. The van der Waals surface area contributed by atoms with Crippen molar-refractivity contribution in [3.8, 4) is 0 Å². The molecule has 0 spiro atoms. The van der Waals surface area contributed by atoms with Gasteiger partial charge < -0.3 is 16.2 Å². The molecule has 0 aromatic heterocycles. The molecule has 2 rings (SSSR count). The van der Waals surface area contributed by atoms with Crippen LogP contribution >= 0.6 is 0 Å². The molecular formula is C16H17FN2O2. The second-order valence-electron chi connectivity index (χ2n) is 5.01. The molecule has 5 heteroatoms. The highest BCUT2D eigenvalue weighted by molar-refractivity contribution is 5.99. The fraction of sp³-hybridized carbons (Fsp3) is 0.188. The molecule has 2 aromatic carbocycles. The molecule has 4 N–H and O–H groups in total. The topological polar surface area (TPSA) is 75.3 Å². The number of nitrogen functional groups attached to an aromatic ring is 1. The molecule has 0 aliphatic carbocycles. The van der Waals surface area contributed by atoms with Crippen molar-refractivity contribution in [1.82, 2.24) is 5.32 Å². The first-order chi connectivity index (χ1) is 9.98. The fourth-order valence-electron chi connectivity index (χ4n) is 2.06. The lowest BCUT2D eigenvalue weighted by atomic mass is 9.92. The third-order valence-electron chi connectivity index (χ3n) is 3.41. The highest BCUT2D eigenvalue weighted by atomic mass is 19.1. The summed E-state index contributed by atoms with van der Waals surface area (Å²) >= 11 is 0. The molecular weight excluding hydrogens is 271 g/mol. The number of aliphatic hydroxyl groups excluding tert-OH is 1. The Kier molecular flexibility index (Phi) is 4.23. The first-order valence-corrected chi connectivity index (χ1v) is 6.51. The number of aliphatic hydroxyl groups is 1. The zero-order valence-corrected chi connectivity index (χ0v) is 11.6. The number of carbonyl (C=O) groups is 1. The Morgan fingerprint density at radius 3 is 2.52 bits per heavy atom. The molecule has 0 aliphatic rings. The summed E-state index contributed by atoms with van der Waals surface area (Å²) in [4.78, 5) is 12.3. The fourth-order valence-corrected chi connectivity index (χ4v) is 2.06. The van der Waals surface area contributed by atoms with Gasteiger partial charge in [0.25, 0.3) is 5.91 Å². The van der Waals surface area contributed by atoms with Crippen LogP contribution in [0.2, 0.25) is 0 Å². The van der Waals surface area contributed by atoms with E-state index in [1.165, 1.54) is 18.2 Å². The number of nitrogens with two attached hydrogens (primary N) is 1. The number of anilines is 1. The SMILES string of the molecule is CC(CO)(NC(=O)c1cccc(F)c1N)c1ccccc1. The predicted molar refractivity (Wildman–Crippen MR) is 79.2 cm³/mol. The zero-order chi connectivity index (χ0) is 15.5. The molecule has 0 aliphatic heterocycles. The van der Waals surface area contributed by atoms with Crippen molar-refractivity contribution < 1.29 is 14.3 Å². The highest BCUT2D eigenvalue weighted by Gasteiger charge is 2.29. The van der Waals surface area contributed by atoms with Gasteiger partial charge in [-0.25, -0.2) is 4.39 Å². The van der Waals surface area contributed by atoms with Crippen molar-refractivity contribution >= 4 is 11.6 Å². The number of benzene rings is 2. The molecule has 0 saturated heterocycles. The average Bonchev–Trinajstić information content (AvgIpc) is 2.50. The van der Waals surface area contributed by atoms with Gasteiger partial charge in [0.05, 0.1) is 23.4 Å². The third kappa shape index (κ3) is 3.03. The van der Waals surface area contributed by atoms with Crippen LogP contribution < -0.4 is 11.1 Å². The van der Waals surface area contributed by atoms with Crippen molar-refractivity contribution in [1.29, 1.82) is 0 Å². The van der Waals surface area contributed by atoms with Gasteiger partial charge in [0.15, 0.2) is 0 Å². The Bertz CT molecular complexity index is 646. The molecule has 0 bridgehead atoms. The van der Waals surface area contributed by atoms with Crippen LogP contribution in [0, 0.1) is 5.82 Å². The molecule has 0 fully saturated rings. The van der Waals surface area contributed by atoms with Gasteiger partial charge in [-0.1, -0.05) is 36.4 Å². The standard InChI is InChI=1S/C16H17FN2O2/c1-16(10-20,11-6-3-2-4-7-11)19-15(21)12-8-5-9-13(17)14(12)18/h2-9,20H,10,18H2,1H3,(H,19,21). The first-order valence-electron chi connectivity index (χ1n) is 6.51. The molecule has 1 atom stereocenters. The summed E-state index contributed by atoms with van der Waals surface area (Å²) in [5, 5.41) is 12.3. The maximum absolute atomic E-state index is 13.4. The highest BCUT2D eigenvalue weighted by Crippen LogP contribution is 2.22. The van der Waals surface area contributed by atoms with E-state index in [9.17, 15) is 14.3 Å². The van der Waals surface area contributed by atoms with Gasteiger partial charge in [0, 0.05) is 0 Å². The lowest BCUT2D eigenvalue weighted by molar-refractivity contribution is 0.0850. The molecule has 110 valence electrons. The maximum Gasteiger partial charge on any atom is 0.254 e. The molecule has 0 radical (unpaired) electrons. The van der Waals surface area contributed by atoms with E-state index in [0.29, 0.717) is 0 Å². The number of carbonyl (C=O) groups excluding carboxylic acids is 1. The van der Waals surface area contributed by atoms with Crippen molar-refractivity contribution in [3.63, 3.8) is 0 Å². The van der Waals surface area contributed by atoms with E-state index in [1.54, 1.807) is 19.1 Å². The van der Waals surface area contributed by atoms with E-state index >= 15 is 0 Å². The van der Waals surface area contributed by atoms with E-state index in [1.807, 2.05) is 18.2 Å². The van der Waals surface area contributed by atoms with Crippen LogP contribution in [0.5, 0.6) is 0 Å². The maximum atomic E-state index is 13.4. The Morgan fingerprint density at radius 1 is 1.24 bits per heavy atom. The third-order valence-corrected chi connectivity index (χ3v) is 3.41. The Balaban J connectivity index is 2.30. The number of para-hydroxylation sites is 1. The minimum absolute atomic E-state index is 0.0469. The normalized spacial score (nSPS) is 13.5. The van der Waals surface area contributed by atoms with E-state index in [0.717, 1.165) is 5.56 Å². The number of hydrogen-bond donors (Lipinski definition) is 3. The minimum Gasteiger partial charge on any atom is -0.396 e.